The van der Waals surface area contributed by atoms with E-state index in [4.69, 9.17) is 9.47 Å². The van der Waals surface area contributed by atoms with Gasteiger partial charge in [0.2, 0.25) is 11.4 Å². The summed E-state index contributed by atoms with van der Waals surface area (Å²) in [4.78, 5) is 35.0. The molecule has 1 aromatic rings. The van der Waals surface area contributed by atoms with E-state index >= 15 is 0 Å². The van der Waals surface area contributed by atoms with Gasteiger partial charge in [-0.1, -0.05) is 30.3 Å². The molecule has 1 aliphatic carbocycles. The standard InChI is InChI=1S/C17H18O5S/c1-12(18)21-16-9-8-15(20)17(16,22-13(2)19)11-23-10-14-6-4-3-5-7-14/h3-9,16H,10-11H2,1-2H3/t16-,17-/m0/s1. The minimum atomic E-state index is -1.48. The second-order valence-electron chi connectivity index (χ2n) is 5.21. The first-order chi connectivity index (χ1) is 10.9. The van der Waals surface area contributed by atoms with E-state index in [2.05, 4.69) is 0 Å². The molecule has 0 amide bonds. The van der Waals surface area contributed by atoms with Crippen molar-refractivity contribution in [2.75, 3.05) is 5.75 Å². The van der Waals surface area contributed by atoms with Gasteiger partial charge in [0.05, 0.1) is 0 Å². The molecule has 1 aliphatic rings. The van der Waals surface area contributed by atoms with Crippen LogP contribution >= 0.6 is 11.8 Å². The molecule has 0 aromatic heterocycles. The largest absolute Gasteiger partial charge is 0.453 e. The predicted octanol–water partition coefficient (Wildman–Crippen LogP) is 2.29. The van der Waals surface area contributed by atoms with Crippen LogP contribution in [0.2, 0.25) is 0 Å². The number of hydrogen-bond donors (Lipinski definition) is 0. The van der Waals surface area contributed by atoms with Crippen LogP contribution in [0.3, 0.4) is 0 Å². The summed E-state index contributed by atoms with van der Waals surface area (Å²) in [7, 11) is 0. The van der Waals surface area contributed by atoms with Crippen molar-refractivity contribution in [1.82, 2.24) is 0 Å². The van der Waals surface area contributed by atoms with Gasteiger partial charge in [0.25, 0.3) is 0 Å². The van der Waals surface area contributed by atoms with Crippen LogP contribution < -0.4 is 0 Å². The molecule has 0 saturated carbocycles. The Hall–Kier alpha value is -2.08. The summed E-state index contributed by atoms with van der Waals surface area (Å²) in [5.74, 6) is -0.604. The summed E-state index contributed by atoms with van der Waals surface area (Å²) in [6.07, 6.45) is 1.88. The molecule has 0 bridgehead atoms. The molecule has 2 atom stereocenters. The average Bonchev–Trinajstić information content (AvgIpc) is 2.77. The summed E-state index contributed by atoms with van der Waals surface area (Å²) in [5, 5.41) is 0. The third-order valence-corrected chi connectivity index (χ3v) is 4.52. The average molecular weight is 334 g/mol. The number of esters is 2. The molecule has 0 saturated heterocycles. The van der Waals surface area contributed by atoms with Gasteiger partial charge in [-0.2, -0.15) is 11.8 Å². The molecule has 23 heavy (non-hydrogen) atoms. The van der Waals surface area contributed by atoms with Crippen LogP contribution in [-0.2, 0) is 29.6 Å². The summed E-state index contributed by atoms with van der Waals surface area (Å²) < 4.78 is 10.5. The second-order valence-corrected chi connectivity index (χ2v) is 6.20. The molecule has 0 unspecified atom stereocenters. The van der Waals surface area contributed by atoms with Gasteiger partial charge in [-0.3, -0.25) is 14.4 Å². The van der Waals surface area contributed by atoms with Crippen molar-refractivity contribution in [3.05, 3.63) is 48.0 Å². The lowest BCUT2D eigenvalue weighted by molar-refractivity contribution is -0.176. The van der Waals surface area contributed by atoms with Crippen LogP contribution in [0.4, 0.5) is 0 Å². The Balaban J connectivity index is 2.12. The van der Waals surface area contributed by atoms with Gasteiger partial charge in [0.15, 0.2) is 6.10 Å². The minimum absolute atomic E-state index is 0.214. The van der Waals surface area contributed by atoms with Gasteiger partial charge in [-0.05, 0) is 17.7 Å². The zero-order valence-corrected chi connectivity index (χ0v) is 13.8. The van der Waals surface area contributed by atoms with Crippen LogP contribution in [0.15, 0.2) is 42.5 Å². The highest BCUT2D eigenvalue weighted by molar-refractivity contribution is 7.98. The van der Waals surface area contributed by atoms with E-state index in [-0.39, 0.29) is 11.5 Å². The first-order valence-corrected chi connectivity index (χ1v) is 8.30. The Labute approximate surface area is 139 Å². The summed E-state index contributed by atoms with van der Waals surface area (Å²) in [5.41, 5.74) is -0.380. The highest BCUT2D eigenvalue weighted by Crippen LogP contribution is 2.33. The second kappa shape index (κ2) is 7.46. The normalized spacial score (nSPS) is 22.9. The smallest absolute Gasteiger partial charge is 0.303 e. The van der Waals surface area contributed by atoms with E-state index in [0.29, 0.717) is 5.75 Å². The predicted molar refractivity (Wildman–Crippen MR) is 86.8 cm³/mol. The number of thioether (sulfide) groups is 1. The van der Waals surface area contributed by atoms with Gasteiger partial charge >= 0.3 is 11.9 Å². The fourth-order valence-electron chi connectivity index (χ4n) is 2.37. The molecule has 0 aliphatic heterocycles. The Morgan fingerprint density at radius 1 is 1.17 bits per heavy atom. The fraction of sp³-hybridized carbons (Fsp3) is 0.353. The van der Waals surface area contributed by atoms with Crippen LogP contribution in [0.1, 0.15) is 19.4 Å². The Morgan fingerprint density at radius 3 is 2.48 bits per heavy atom. The first-order valence-electron chi connectivity index (χ1n) is 7.15. The lowest BCUT2D eigenvalue weighted by Crippen LogP contribution is -2.52. The number of carbonyl (C=O) groups is 3. The number of hydrogen-bond acceptors (Lipinski definition) is 6. The van der Waals surface area contributed by atoms with Gasteiger partial charge in [-0.25, -0.2) is 0 Å². The van der Waals surface area contributed by atoms with Crippen molar-refractivity contribution < 1.29 is 23.9 Å². The molecule has 0 radical (unpaired) electrons. The number of rotatable bonds is 6. The van der Waals surface area contributed by atoms with Crippen LogP contribution in [-0.4, -0.2) is 35.2 Å². The molecule has 2 rings (SSSR count). The third-order valence-electron chi connectivity index (χ3n) is 3.35. The summed E-state index contributed by atoms with van der Waals surface area (Å²) in [6, 6.07) is 9.74. The third kappa shape index (κ3) is 4.22. The Bertz CT molecular complexity index is 625. The van der Waals surface area contributed by atoms with Gasteiger partial charge in [0, 0.05) is 25.4 Å². The number of ether oxygens (including phenoxy) is 2. The van der Waals surface area contributed by atoms with Crippen molar-refractivity contribution in [2.45, 2.75) is 31.3 Å². The van der Waals surface area contributed by atoms with Crippen molar-refractivity contribution in [3.8, 4) is 0 Å². The maximum atomic E-state index is 12.3. The van der Waals surface area contributed by atoms with E-state index in [0.717, 1.165) is 5.56 Å². The number of benzene rings is 1. The molecule has 0 heterocycles. The van der Waals surface area contributed by atoms with Crippen LogP contribution in [0.25, 0.3) is 0 Å². The van der Waals surface area contributed by atoms with Gasteiger partial charge in [0.1, 0.15) is 0 Å². The van der Waals surface area contributed by atoms with E-state index in [9.17, 15) is 14.4 Å². The van der Waals surface area contributed by atoms with Gasteiger partial charge in [-0.15, -0.1) is 0 Å². The zero-order chi connectivity index (χ0) is 16.9. The molecular weight excluding hydrogens is 316 g/mol. The van der Waals surface area contributed by atoms with Crippen LogP contribution in [0.5, 0.6) is 0 Å². The van der Waals surface area contributed by atoms with E-state index in [1.807, 2.05) is 30.3 Å². The maximum Gasteiger partial charge on any atom is 0.303 e. The molecule has 0 fully saturated rings. The lowest BCUT2D eigenvalue weighted by atomic mass is 9.99. The molecule has 122 valence electrons. The Kier molecular flexibility index (Phi) is 5.60. The minimum Gasteiger partial charge on any atom is -0.453 e. The molecule has 1 aromatic carbocycles. The molecule has 6 heteroatoms. The van der Waals surface area contributed by atoms with Crippen molar-refractivity contribution in [1.29, 1.82) is 0 Å². The molecule has 5 nitrogen and oxygen atoms in total. The van der Waals surface area contributed by atoms with E-state index < -0.39 is 23.6 Å². The van der Waals surface area contributed by atoms with E-state index in [1.54, 1.807) is 0 Å². The Morgan fingerprint density at radius 2 is 1.87 bits per heavy atom. The van der Waals surface area contributed by atoms with Crippen molar-refractivity contribution >= 4 is 29.5 Å². The lowest BCUT2D eigenvalue weighted by Gasteiger charge is -2.32. The number of carbonyl (C=O) groups excluding carboxylic acids is 3. The molecular formula is C17H18O5S. The maximum absolute atomic E-state index is 12.3. The number of ketones is 1. The summed E-state index contributed by atoms with van der Waals surface area (Å²) in [6.45, 7) is 2.49. The molecule has 0 N–H and O–H groups in total. The highest BCUT2D eigenvalue weighted by Gasteiger charge is 2.52. The topological polar surface area (TPSA) is 69.7 Å². The monoisotopic (exact) mass is 334 g/mol. The van der Waals surface area contributed by atoms with Gasteiger partial charge < -0.3 is 9.47 Å². The SMILES string of the molecule is CC(=O)O[C@H]1C=CC(=O)[C@]1(CSCc1ccccc1)OC(C)=O. The fourth-order valence-corrected chi connectivity index (χ4v) is 3.57. The van der Waals surface area contributed by atoms with Crippen molar-refractivity contribution in [3.63, 3.8) is 0 Å². The zero-order valence-electron chi connectivity index (χ0n) is 13.0. The van der Waals surface area contributed by atoms with Crippen molar-refractivity contribution in [2.24, 2.45) is 0 Å². The summed E-state index contributed by atoms with van der Waals surface area (Å²) >= 11 is 1.45. The first kappa shape index (κ1) is 17.3. The molecule has 0 spiro atoms. The van der Waals surface area contributed by atoms with E-state index in [1.165, 1.54) is 37.8 Å². The quantitative estimate of drug-likeness (QED) is 0.744. The highest BCUT2D eigenvalue weighted by atomic mass is 32.2. The van der Waals surface area contributed by atoms with Crippen LogP contribution in [0, 0.1) is 0 Å².